The number of nitrogens with one attached hydrogen (secondary N) is 1. The van der Waals surface area contributed by atoms with Gasteiger partial charge in [-0.05, 0) is 31.7 Å². The predicted octanol–water partition coefficient (Wildman–Crippen LogP) is 1.44. The van der Waals surface area contributed by atoms with Crippen LogP contribution in [-0.4, -0.2) is 44.7 Å². The van der Waals surface area contributed by atoms with Gasteiger partial charge in [-0.1, -0.05) is 20.3 Å². The maximum absolute atomic E-state index is 12.1. The molecule has 0 aromatic rings. The molecule has 1 heterocycles. The van der Waals surface area contributed by atoms with Gasteiger partial charge in [0.15, 0.2) is 0 Å². The van der Waals surface area contributed by atoms with Crippen LogP contribution in [0.4, 0.5) is 0 Å². The summed E-state index contributed by atoms with van der Waals surface area (Å²) in [5.41, 5.74) is 0. The average molecular weight is 262 g/mol. The lowest BCUT2D eigenvalue weighted by Crippen LogP contribution is -2.43. The summed E-state index contributed by atoms with van der Waals surface area (Å²) in [6.07, 6.45) is 4.22. The molecule has 0 aliphatic carbocycles. The van der Waals surface area contributed by atoms with Crippen molar-refractivity contribution in [3.63, 3.8) is 0 Å². The van der Waals surface area contributed by atoms with E-state index in [1.807, 2.05) is 0 Å². The Kier molecular flexibility index (Phi) is 5.89. The number of hydrogen-bond acceptors (Lipinski definition) is 3. The van der Waals surface area contributed by atoms with Crippen LogP contribution in [-0.2, 0) is 10.0 Å². The molecule has 0 aromatic heterocycles. The molecule has 0 radical (unpaired) electrons. The van der Waals surface area contributed by atoms with Gasteiger partial charge in [0.2, 0.25) is 10.0 Å². The Balaban J connectivity index is 2.43. The van der Waals surface area contributed by atoms with Crippen molar-refractivity contribution in [2.24, 2.45) is 5.92 Å². The molecular weight excluding hydrogens is 236 g/mol. The first-order valence-electron chi connectivity index (χ1n) is 6.59. The van der Waals surface area contributed by atoms with E-state index in [-0.39, 0.29) is 11.8 Å². The predicted molar refractivity (Wildman–Crippen MR) is 71.5 cm³/mol. The van der Waals surface area contributed by atoms with Crippen molar-refractivity contribution in [2.75, 3.05) is 25.9 Å². The van der Waals surface area contributed by atoms with Crippen LogP contribution in [0.1, 0.15) is 39.5 Å². The van der Waals surface area contributed by atoms with Gasteiger partial charge in [-0.3, -0.25) is 0 Å². The molecule has 1 aliphatic rings. The Labute approximate surface area is 106 Å². The molecule has 1 aliphatic heterocycles. The minimum absolute atomic E-state index is 0.148. The first-order chi connectivity index (χ1) is 7.92. The van der Waals surface area contributed by atoms with E-state index in [4.69, 9.17) is 0 Å². The summed E-state index contributed by atoms with van der Waals surface area (Å²) in [5.74, 6) is 0.794. The Morgan fingerprint density at radius 2 is 2.06 bits per heavy atom. The van der Waals surface area contributed by atoms with Crippen molar-refractivity contribution in [3.8, 4) is 0 Å². The van der Waals surface area contributed by atoms with Crippen molar-refractivity contribution < 1.29 is 8.42 Å². The standard InChI is InChI=1S/C12H26N2O2S/c1-11(2)7-9-14(3)17(15,16)10-12-6-4-5-8-13-12/h11-13H,4-10H2,1-3H3. The van der Waals surface area contributed by atoms with E-state index in [2.05, 4.69) is 19.2 Å². The normalized spacial score (nSPS) is 22.3. The molecule has 0 amide bonds. The van der Waals surface area contributed by atoms with Crippen molar-refractivity contribution >= 4 is 10.0 Å². The molecule has 17 heavy (non-hydrogen) atoms. The van der Waals surface area contributed by atoms with Crippen LogP contribution in [0.3, 0.4) is 0 Å². The summed E-state index contributed by atoms with van der Waals surface area (Å²) in [5, 5.41) is 3.29. The van der Waals surface area contributed by atoms with Crippen molar-refractivity contribution in [3.05, 3.63) is 0 Å². The number of nitrogens with zero attached hydrogens (tertiary/aromatic N) is 1. The fraction of sp³-hybridized carbons (Fsp3) is 1.00. The SMILES string of the molecule is CC(C)CCN(C)S(=O)(=O)CC1CCCCN1. The van der Waals surface area contributed by atoms with E-state index in [9.17, 15) is 8.42 Å². The monoisotopic (exact) mass is 262 g/mol. The first-order valence-corrected chi connectivity index (χ1v) is 8.20. The second-order valence-electron chi connectivity index (χ2n) is 5.43. The van der Waals surface area contributed by atoms with Crippen LogP contribution in [0.2, 0.25) is 0 Å². The van der Waals surface area contributed by atoms with Gasteiger partial charge in [-0.25, -0.2) is 12.7 Å². The molecule has 1 rings (SSSR count). The van der Waals surface area contributed by atoms with Crippen molar-refractivity contribution in [1.82, 2.24) is 9.62 Å². The van der Waals surface area contributed by atoms with Gasteiger partial charge in [-0.15, -0.1) is 0 Å². The Morgan fingerprint density at radius 1 is 1.35 bits per heavy atom. The molecule has 102 valence electrons. The lowest BCUT2D eigenvalue weighted by atomic mass is 10.1. The van der Waals surface area contributed by atoms with Gasteiger partial charge in [0.05, 0.1) is 5.75 Å². The Hall–Kier alpha value is -0.130. The highest BCUT2D eigenvalue weighted by Gasteiger charge is 2.24. The zero-order valence-corrected chi connectivity index (χ0v) is 12.1. The zero-order valence-electron chi connectivity index (χ0n) is 11.3. The van der Waals surface area contributed by atoms with Crippen LogP contribution in [0.5, 0.6) is 0 Å². The number of sulfonamides is 1. The molecule has 1 atom stereocenters. The highest BCUT2D eigenvalue weighted by atomic mass is 32.2. The van der Waals surface area contributed by atoms with E-state index in [0.29, 0.717) is 12.5 Å². The molecule has 0 bridgehead atoms. The van der Waals surface area contributed by atoms with E-state index >= 15 is 0 Å². The molecule has 0 aromatic carbocycles. The molecule has 0 saturated carbocycles. The largest absolute Gasteiger partial charge is 0.313 e. The minimum atomic E-state index is -3.08. The maximum Gasteiger partial charge on any atom is 0.215 e. The van der Waals surface area contributed by atoms with Gasteiger partial charge < -0.3 is 5.32 Å². The molecule has 4 nitrogen and oxygen atoms in total. The van der Waals surface area contributed by atoms with E-state index in [0.717, 1.165) is 25.8 Å². The summed E-state index contributed by atoms with van der Waals surface area (Å²) < 4.78 is 25.7. The Morgan fingerprint density at radius 3 is 2.59 bits per heavy atom. The third kappa shape index (κ3) is 5.36. The number of hydrogen-bond donors (Lipinski definition) is 1. The summed E-state index contributed by atoms with van der Waals surface area (Å²) in [6.45, 7) is 5.81. The van der Waals surface area contributed by atoms with Crippen LogP contribution in [0.25, 0.3) is 0 Å². The van der Waals surface area contributed by atoms with Crippen molar-refractivity contribution in [1.29, 1.82) is 0 Å². The van der Waals surface area contributed by atoms with E-state index < -0.39 is 10.0 Å². The second-order valence-corrected chi connectivity index (χ2v) is 7.55. The smallest absolute Gasteiger partial charge is 0.215 e. The van der Waals surface area contributed by atoms with E-state index in [1.165, 1.54) is 10.7 Å². The fourth-order valence-electron chi connectivity index (χ4n) is 2.03. The average Bonchev–Trinajstić information content (AvgIpc) is 2.26. The third-order valence-corrected chi connectivity index (χ3v) is 5.28. The van der Waals surface area contributed by atoms with Gasteiger partial charge in [-0.2, -0.15) is 0 Å². The summed E-state index contributed by atoms with van der Waals surface area (Å²) >= 11 is 0. The van der Waals surface area contributed by atoms with Crippen LogP contribution >= 0.6 is 0 Å². The minimum Gasteiger partial charge on any atom is -0.313 e. The molecule has 1 saturated heterocycles. The molecule has 1 unspecified atom stereocenters. The highest BCUT2D eigenvalue weighted by Crippen LogP contribution is 2.12. The van der Waals surface area contributed by atoms with E-state index in [1.54, 1.807) is 7.05 Å². The maximum atomic E-state index is 12.1. The molecule has 1 fully saturated rings. The molecular formula is C12H26N2O2S. The lowest BCUT2D eigenvalue weighted by Gasteiger charge is -2.26. The summed E-state index contributed by atoms with van der Waals surface area (Å²) in [7, 11) is -1.39. The number of rotatable bonds is 6. The van der Waals surface area contributed by atoms with Gasteiger partial charge in [0.1, 0.15) is 0 Å². The van der Waals surface area contributed by atoms with Gasteiger partial charge >= 0.3 is 0 Å². The Bertz CT molecular complexity index is 308. The second kappa shape index (κ2) is 6.71. The highest BCUT2D eigenvalue weighted by molar-refractivity contribution is 7.89. The number of piperidine rings is 1. The third-order valence-electron chi connectivity index (χ3n) is 3.32. The van der Waals surface area contributed by atoms with Crippen LogP contribution < -0.4 is 5.32 Å². The zero-order chi connectivity index (χ0) is 12.9. The van der Waals surface area contributed by atoms with Crippen LogP contribution in [0, 0.1) is 5.92 Å². The fourth-order valence-corrected chi connectivity index (χ4v) is 3.46. The topological polar surface area (TPSA) is 49.4 Å². The van der Waals surface area contributed by atoms with Gasteiger partial charge in [0, 0.05) is 19.6 Å². The lowest BCUT2D eigenvalue weighted by molar-refractivity contribution is 0.399. The molecule has 5 heteroatoms. The van der Waals surface area contributed by atoms with Crippen molar-refractivity contribution in [2.45, 2.75) is 45.6 Å². The summed E-state index contributed by atoms with van der Waals surface area (Å²) in [4.78, 5) is 0. The molecule has 1 N–H and O–H groups in total. The first kappa shape index (κ1) is 14.9. The quantitative estimate of drug-likeness (QED) is 0.788. The van der Waals surface area contributed by atoms with Gasteiger partial charge in [0.25, 0.3) is 0 Å². The summed E-state index contributed by atoms with van der Waals surface area (Å²) in [6, 6.07) is 0.148. The van der Waals surface area contributed by atoms with Crippen LogP contribution in [0.15, 0.2) is 0 Å². The molecule has 0 spiro atoms.